The Hall–Kier alpha value is -2.20. The van der Waals surface area contributed by atoms with Crippen LogP contribution in [0.15, 0.2) is 11.2 Å². The number of nitrogens with zero attached hydrogens (tertiary/aromatic N) is 3. The zero-order valence-electron chi connectivity index (χ0n) is 11.7. The molecule has 6 heteroatoms. The molecule has 0 saturated carbocycles. The van der Waals surface area contributed by atoms with E-state index in [1.165, 1.54) is 0 Å². The zero-order chi connectivity index (χ0) is 14.5. The molecule has 0 spiro atoms. The van der Waals surface area contributed by atoms with Crippen molar-refractivity contribution < 1.29 is 9.53 Å². The summed E-state index contributed by atoms with van der Waals surface area (Å²) in [6.45, 7) is 6.65. The minimum atomic E-state index is -0.598. The van der Waals surface area contributed by atoms with E-state index in [1.807, 2.05) is 26.8 Å². The van der Waals surface area contributed by atoms with Crippen LogP contribution in [0, 0.1) is 6.92 Å². The van der Waals surface area contributed by atoms with E-state index in [4.69, 9.17) is 10.3 Å². The van der Waals surface area contributed by atoms with Crippen molar-refractivity contribution >= 4 is 11.6 Å². The largest absolute Gasteiger partial charge is 0.492 e. The number of benzene rings is 1. The fourth-order valence-electron chi connectivity index (χ4n) is 2.99. The summed E-state index contributed by atoms with van der Waals surface area (Å²) in [7, 11) is 0. The summed E-state index contributed by atoms with van der Waals surface area (Å²) in [4.78, 5) is 14.9. The topological polar surface area (TPSA) is 87.1 Å². The van der Waals surface area contributed by atoms with Crippen molar-refractivity contribution in [1.29, 1.82) is 0 Å². The van der Waals surface area contributed by atoms with Gasteiger partial charge in [-0.15, -0.1) is 0 Å². The molecular weight excluding hydrogens is 256 g/mol. The Bertz CT molecular complexity index is 660. The fraction of sp³-hybridized carbons (Fsp3) is 0.500. The smallest absolute Gasteiger partial charge is 0.234 e. The Kier molecular flexibility index (Phi) is 2.66. The van der Waals surface area contributed by atoms with Crippen molar-refractivity contribution in [3.05, 3.63) is 33.2 Å². The molecule has 0 aliphatic carbocycles. The van der Waals surface area contributed by atoms with Crippen LogP contribution in [0.25, 0.3) is 10.4 Å². The van der Waals surface area contributed by atoms with Crippen LogP contribution in [-0.4, -0.2) is 19.1 Å². The number of amides is 1. The quantitative estimate of drug-likeness (QED) is 0.509. The van der Waals surface area contributed by atoms with E-state index in [0.29, 0.717) is 13.2 Å². The predicted molar refractivity (Wildman–Crippen MR) is 75.1 cm³/mol. The van der Waals surface area contributed by atoms with Gasteiger partial charge in [0.05, 0.1) is 17.7 Å². The molecule has 6 nitrogen and oxygen atoms in total. The van der Waals surface area contributed by atoms with Gasteiger partial charge in [-0.25, -0.2) is 0 Å². The first kappa shape index (κ1) is 12.8. The summed E-state index contributed by atoms with van der Waals surface area (Å²) >= 11 is 0. The highest BCUT2D eigenvalue weighted by molar-refractivity contribution is 6.07. The van der Waals surface area contributed by atoms with Gasteiger partial charge in [-0.3, -0.25) is 4.79 Å². The van der Waals surface area contributed by atoms with Gasteiger partial charge < -0.3 is 10.1 Å². The average Bonchev–Trinajstić information content (AvgIpc) is 2.88. The highest BCUT2D eigenvalue weighted by Gasteiger charge is 2.44. The number of aryl methyl sites for hydroxylation is 1. The maximum Gasteiger partial charge on any atom is 0.234 e. The normalized spacial score (nSPS) is 21.6. The first-order valence-electron chi connectivity index (χ1n) is 6.60. The summed E-state index contributed by atoms with van der Waals surface area (Å²) in [5, 5.41) is 6.59. The second kappa shape index (κ2) is 4.15. The number of hydrogen-bond donors (Lipinski definition) is 1. The van der Waals surface area contributed by atoms with Gasteiger partial charge in [-0.2, -0.15) is 0 Å². The van der Waals surface area contributed by atoms with Gasteiger partial charge >= 0.3 is 0 Å². The van der Waals surface area contributed by atoms with Crippen LogP contribution in [0.3, 0.4) is 0 Å². The lowest BCUT2D eigenvalue weighted by Gasteiger charge is -2.18. The van der Waals surface area contributed by atoms with Crippen molar-refractivity contribution in [2.24, 2.45) is 5.11 Å². The Balaban J connectivity index is 2.17. The number of carbonyl (C=O) groups is 1. The van der Waals surface area contributed by atoms with Crippen molar-refractivity contribution in [1.82, 2.24) is 0 Å². The van der Waals surface area contributed by atoms with Crippen molar-refractivity contribution in [2.45, 2.75) is 32.1 Å². The Morgan fingerprint density at radius 2 is 2.35 bits per heavy atom. The second-order valence-corrected chi connectivity index (χ2v) is 5.86. The molecule has 1 atom stereocenters. The van der Waals surface area contributed by atoms with E-state index in [2.05, 4.69) is 15.3 Å². The van der Waals surface area contributed by atoms with Crippen LogP contribution in [0.5, 0.6) is 5.75 Å². The van der Waals surface area contributed by atoms with E-state index in [9.17, 15) is 4.79 Å². The molecule has 20 heavy (non-hydrogen) atoms. The van der Waals surface area contributed by atoms with Gasteiger partial charge in [-0.05, 0) is 37.9 Å². The predicted octanol–water partition coefficient (Wildman–Crippen LogP) is 3.01. The molecule has 0 saturated heterocycles. The third-order valence-electron chi connectivity index (χ3n) is 4.17. The summed E-state index contributed by atoms with van der Waals surface area (Å²) in [5.41, 5.74) is 11.7. The van der Waals surface area contributed by atoms with Crippen LogP contribution >= 0.6 is 0 Å². The summed E-state index contributed by atoms with van der Waals surface area (Å²) < 4.78 is 5.81. The van der Waals surface area contributed by atoms with Crippen molar-refractivity contribution in [3.63, 3.8) is 0 Å². The molecule has 0 aromatic heterocycles. The third kappa shape index (κ3) is 1.58. The van der Waals surface area contributed by atoms with E-state index in [-0.39, 0.29) is 11.8 Å². The van der Waals surface area contributed by atoms with Crippen LogP contribution in [-0.2, 0) is 10.2 Å². The monoisotopic (exact) mass is 272 g/mol. The average molecular weight is 272 g/mol. The molecule has 104 valence electrons. The molecule has 0 fully saturated rings. The zero-order valence-corrected chi connectivity index (χ0v) is 11.7. The molecule has 1 amide bonds. The summed E-state index contributed by atoms with van der Waals surface area (Å²) in [5.74, 6) is 0.842. The van der Waals surface area contributed by atoms with Crippen LogP contribution < -0.4 is 10.1 Å². The van der Waals surface area contributed by atoms with Crippen LogP contribution in [0.2, 0.25) is 0 Å². The van der Waals surface area contributed by atoms with E-state index < -0.39 is 5.41 Å². The summed E-state index contributed by atoms with van der Waals surface area (Å²) in [6, 6.07) is 2.03. The molecular formula is C14H16N4O2. The molecule has 2 aliphatic rings. The molecule has 1 aromatic rings. The number of ether oxygens (including phenoxy) is 1. The lowest BCUT2D eigenvalue weighted by atomic mass is 9.82. The maximum absolute atomic E-state index is 12.1. The first-order chi connectivity index (χ1) is 9.46. The molecule has 2 aliphatic heterocycles. The Labute approximate surface area is 116 Å². The fourth-order valence-corrected chi connectivity index (χ4v) is 2.99. The SMILES string of the molecule is Cc1cc2c(c3c1NC(=O)C3(C)C)OCC2CN=[N+]=[N-]. The lowest BCUT2D eigenvalue weighted by Crippen LogP contribution is -2.27. The molecule has 1 N–H and O–H groups in total. The summed E-state index contributed by atoms with van der Waals surface area (Å²) in [6.07, 6.45) is 0. The highest BCUT2D eigenvalue weighted by atomic mass is 16.5. The molecule has 1 aromatic carbocycles. The second-order valence-electron chi connectivity index (χ2n) is 5.86. The number of carbonyl (C=O) groups excluding carboxylic acids is 1. The van der Waals surface area contributed by atoms with Crippen molar-refractivity contribution in [3.8, 4) is 5.75 Å². The highest BCUT2D eigenvalue weighted by Crippen LogP contribution is 2.50. The van der Waals surface area contributed by atoms with Gasteiger partial charge in [0, 0.05) is 28.5 Å². The maximum atomic E-state index is 12.1. The van der Waals surface area contributed by atoms with Crippen molar-refractivity contribution in [2.75, 3.05) is 18.5 Å². The number of fused-ring (bicyclic) bond motifs is 3. The number of nitrogens with one attached hydrogen (secondary N) is 1. The number of rotatable bonds is 2. The third-order valence-corrected chi connectivity index (χ3v) is 4.17. The van der Waals surface area contributed by atoms with E-state index >= 15 is 0 Å². The minimum absolute atomic E-state index is 0.00824. The Morgan fingerprint density at radius 1 is 1.60 bits per heavy atom. The van der Waals surface area contributed by atoms with Gasteiger partial charge in [-0.1, -0.05) is 5.11 Å². The Morgan fingerprint density at radius 3 is 3.05 bits per heavy atom. The first-order valence-corrected chi connectivity index (χ1v) is 6.60. The standard InChI is InChI=1S/C14H16N4O2/c1-7-4-9-8(5-16-18-15)6-20-12(9)10-11(7)17-13(19)14(10,2)3/h4,8H,5-6H2,1-3H3,(H,17,19). The van der Waals surface area contributed by atoms with Gasteiger partial charge in [0.2, 0.25) is 5.91 Å². The number of anilines is 1. The molecule has 0 bridgehead atoms. The van der Waals surface area contributed by atoms with Crippen LogP contribution in [0.1, 0.15) is 36.5 Å². The van der Waals surface area contributed by atoms with Gasteiger partial charge in [0.25, 0.3) is 0 Å². The minimum Gasteiger partial charge on any atom is -0.492 e. The lowest BCUT2D eigenvalue weighted by molar-refractivity contribution is -0.119. The van der Waals surface area contributed by atoms with Gasteiger partial charge in [0.15, 0.2) is 0 Å². The molecule has 1 unspecified atom stereocenters. The molecule has 0 radical (unpaired) electrons. The molecule has 3 rings (SSSR count). The van der Waals surface area contributed by atoms with Gasteiger partial charge in [0.1, 0.15) is 5.75 Å². The number of azide groups is 1. The molecule has 2 heterocycles. The number of hydrogen-bond acceptors (Lipinski definition) is 3. The van der Waals surface area contributed by atoms with Crippen LogP contribution in [0.4, 0.5) is 5.69 Å². The van der Waals surface area contributed by atoms with E-state index in [0.717, 1.165) is 28.1 Å². The van der Waals surface area contributed by atoms with E-state index in [1.54, 1.807) is 0 Å².